The molecule has 9 nitrogen and oxygen atoms in total. The number of hydrogen-bond donors (Lipinski definition) is 3. The van der Waals surface area contributed by atoms with Crippen molar-refractivity contribution in [2.24, 2.45) is 10.9 Å². The molecule has 0 aliphatic carbocycles. The first-order valence-electron chi connectivity index (χ1n) is 10.2. The highest BCUT2D eigenvalue weighted by molar-refractivity contribution is 14.0. The van der Waals surface area contributed by atoms with Gasteiger partial charge in [-0.15, -0.1) is 24.0 Å². The molecule has 0 aliphatic rings. The third-order valence-corrected chi connectivity index (χ3v) is 4.30. The average molecular weight is 551 g/mol. The third kappa shape index (κ3) is 12.5. The van der Waals surface area contributed by atoms with Gasteiger partial charge in [0.25, 0.3) is 0 Å². The minimum absolute atomic E-state index is 0. The van der Waals surface area contributed by atoms with E-state index in [1.807, 2.05) is 32.7 Å². The molecule has 0 saturated carbocycles. The van der Waals surface area contributed by atoms with E-state index in [0.29, 0.717) is 31.2 Å². The summed E-state index contributed by atoms with van der Waals surface area (Å²) in [7, 11) is 3.55. The summed E-state index contributed by atoms with van der Waals surface area (Å²) in [6, 6.07) is 3.53. The van der Waals surface area contributed by atoms with E-state index in [9.17, 15) is 9.59 Å². The van der Waals surface area contributed by atoms with Gasteiger partial charge in [0.15, 0.2) is 5.96 Å². The number of amides is 2. The summed E-state index contributed by atoms with van der Waals surface area (Å²) < 4.78 is 10.5. The highest BCUT2D eigenvalue weighted by Crippen LogP contribution is 2.11. The number of hydrogen-bond acceptors (Lipinski definition) is 5. The highest BCUT2D eigenvalue weighted by atomic mass is 127. The van der Waals surface area contributed by atoms with Gasteiger partial charge in [0, 0.05) is 26.7 Å². The van der Waals surface area contributed by atoms with E-state index >= 15 is 0 Å². The van der Waals surface area contributed by atoms with Crippen LogP contribution < -0.4 is 16.0 Å². The molecule has 2 amide bonds. The molecular formula is C21H38IN5O4. The summed E-state index contributed by atoms with van der Waals surface area (Å²) >= 11 is 0. The van der Waals surface area contributed by atoms with Crippen molar-refractivity contribution in [2.45, 2.75) is 59.2 Å². The van der Waals surface area contributed by atoms with Gasteiger partial charge < -0.3 is 30.0 Å². The molecule has 0 fully saturated rings. The first-order valence-corrected chi connectivity index (χ1v) is 10.2. The van der Waals surface area contributed by atoms with Gasteiger partial charge in [0.1, 0.15) is 11.4 Å². The molecule has 1 atom stereocenters. The van der Waals surface area contributed by atoms with Crippen LogP contribution in [-0.2, 0) is 16.1 Å². The lowest BCUT2D eigenvalue weighted by Crippen LogP contribution is -2.47. The molecule has 0 radical (unpaired) electrons. The van der Waals surface area contributed by atoms with Crippen LogP contribution in [-0.4, -0.2) is 61.7 Å². The molecule has 1 aromatic rings. The predicted octanol–water partition coefficient (Wildman–Crippen LogP) is 2.96. The number of rotatable bonds is 9. The van der Waals surface area contributed by atoms with Crippen molar-refractivity contribution in [3.63, 3.8) is 0 Å². The van der Waals surface area contributed by atoms with Gasteiger partial charge in [-0.1, -0.05) is 13.8 Å². The number of guanidine groups is 1. The number of carbonyl (C=O) groups excluding carboxylic acids is 2. The second-order valence-electron chi connectivity index (χ2n) is 8.46. The maximum Gasteiger partial charge on any atom is 0.407 e. The Bertz CT molecular complexity index is 686. The van der Waals surface area contributed by atoms with Crippen LogP contribution in [0.2, 0.25) is 0 Å². The zero-order valence-electron chi connectivity index (χ0n) is 19.7. The summed E-state index contributed by atoms with van der Waals surface area (Å²) in [5.41, 5.74) is -0.536. The fourth-order valence-electron chi connectivity index (χ4n) is 2.68. The number of alkyl carbamates (subject to hydrolysis) is 1. The quantitative estimate of drug-likeness (QED) is 0.248. The summed E-state index contributed by atoms with van der Waals surface area (Å²) in [6.07, 6.45) is 1.86. The number of aliphatic imine (C=N–C) groups is 1. The lowest BCUT2D eigenvalue weighted by Gasteiger charge is -2.28. The smallest absolute Gasteiger partial charge is 0.407 e. The number of nitrogens with one attached hydrogen (secondary N) is 3. The molecule has 31 heavy (non-hydrogen) atoms. The highest BCUT2D eigenvalue weighted by Gasteiger charge is 2.22. The molecule has 0 saturated heterocycles. The maximum atomic E-state index is 12.1. The number of nitrogens with zero attached hydrogens (tertiary/aromatic N) is 2. The Morgan fingerprint density at radius 2 is 1.94 bits per heavy atom. The van der Waals surface area contributed by atoms with Gasteiger partial charge in [-0.2, -0.15) is 0 Å². The summed E-state index contributed by atoms with van der Waals surface area (Å²) in [4.78, 5) is 30.3. The van der Waals surface area contributed by atoms with Crippen LogP contribution in [0.4, 0.5) is 4.79 Å². The van der Waals surface area contributed by atoms with Crippen LogP contribution in [0.15, 0.2) is 27.8 Å². The lowest BCUT2D eigenvalue weighted by molar-refractivity contribution is -0.120. The zero-order chi connectivity index (χ0) is 22.7. The van der Waals surface area contributed by atoms with Crippen LogP contribution >= 0.6 is 24.0 Å². The Kier molecular flexibility index (Phi) is 13.2. The number of ether oxygens (including phenoxy) is 1. The molecule has 178 valence electrons. The fraction of sp³-hybridized carbons (Fsp3) is 0.667. The Morgan fingerprint density at radius 3 is 2.45 bits per heavy atom. The minimum atomic E-state index is -0.536. The fourth-order valence-corrected chi connectivity index (χ4v) is 2.68. The first kappa shape index (κ1) is 29.0. The van der Waals surface area contributed by atoms with Crippen molar-refractivity contribution in [1.82, 2.24) is 20.9 Å². The molecule has 1 heterocycles. The van der Waals surface area contributed by atoms with Gasteiger partial charge in [-0.05, 0) is 45.2 Å². The number of furan rings is 1. The standard InChI is InChI=1S/C21H37N5O4.HI/c1-15(2)17(25-20(28)30-21(3,4)5)10-11-26(7)19(22-6)24-14-18(27)23-13-16-9-8-12-29-16;/h8-9,12,15,17H,10-11,13-14H2,1-7H3,(H,22,24)(H,23,27)(H,25,28);1H. The van der Waals surface area contributed by atoms with Gasteiger partial charge in [-0.3, -0.25) is 9.79 Å². The first-order chi connectivity index (χ1) is 14.0. The molecule has 0 bridgehead atoms. The lowest BCUT2D eigenvalue weighted by atomic mass is 10.0. The van der Waals surface area contributed by atoms with Gasteiger partial charge in [0.2, 0.25) is 5.91 Å². The second-order valence-corrected chi connectivity index (χ2v) is 8.46. The monoisotopic (exact) mass is 551 g/mol. The van der Waals surface area contributed by atoms with E-state index < -0.39 is 11.7 Å². The topological polar surface area (TPSA) is 108 Å². The number of carbonyl (C=O) groups is 2. The molecule has 0 aliphatic heterocycles. The van der Waals surface area contributed by atoms with Crippen molar-refractivity contribution in [1.29, 1.82) is 0 Å². The average Bonchev–Trinajstić information content (AvgIpc) is 3.15. The molecule has 10 heteroatoms. The molecular weight excluding hydrogens is 513 g/mol. The van der Waals surface area contributed by atoms with Crippen LogP contribution in [0.1, 0.15) is 46.8 Å². The van der Waals surface area contributed by atoms with Gasteiger partial charge >= 0.3 is 6.09 Å². The summed E-state index contributed by atoms with van der Waals surface area (Å²) in [5, 5.41) is 8.77. The zero-order valence-corrected chi connectivity index (χ0v) is 22.0. The number of halogens is 1. The molecule has 0 aromatic carbocycles. The third-order valence-electron chi connectivity index (χ3n) is 4.30. The van der Waals surface area contributed by atoms with Crippen molar-refractivity contribution in [2.75, 3.05) is 27.2 Å². The molecule has 1 unspecified atom stereocenters. The van der Waals surface area contributed by atoms with E-state index in [1.54, 1.807) is 25.4 Å². The molecule has 0 spiro atoms. The minimum Gasteiger partial charge on any atom is -0.467 e. The normalized spacial score (nSPS) is 12.6. The van der Waals surface area contributed by atoms with Crippen molar-refractivity contribution in [3.8, 4) is 0 Å². The van der Waals surface area contributed by atoms with Gasteiger partial charge in [0.05, 0.1) is 19.4 Å². The Labute approximate surface area is 202 Å². The molecule has 1 aromatic heterocycles. The van der Waals surface area contributed by atoms with Crippen LogP contribution in [0.5, 0.6) is 0 Å². The van der Waals surface area contributed by atoms with Crippen molar-refractivity contribution >= 4 is 41.9 Å². The van der Waals surface area contributed by atoms with Crippen molar-refractivity contribution < 1.29 is 18.7 Å². The van der Waals surface area contributed by atoms with Crippen LogP contribution in [0, 0.1) is 5.92 Å². The van der Waals surface area contributed by atoms with Crippen LogP contribution in [0.3, 0.4) is 0 Å². The van der Waals surface area contributed by atoms with Crippen LogP contribution in [0.25, 0.3) is 0 Å². The Morgan fingerprint density at radius 1 is 1.26 bits per heavy atom. The van der Waals surface area contributed by atoms with E-state index in [-0.39, 0.29) is 48.4 Å². The summed E-state index contributed by atoms with van der Waals surface area (Å²) in [6.45, 7) is 10.7. The Hall–Kier alpha value is -1.98. The SMILES string of the molecule is CN=C(NCC(=O)NCc1ccco1)N(C)CCC(NC(=O)OC(C)(C)C)C(C)C.I. The largest absolute Gasteiger partial charge is 0.467 e. The van der Waals surface area contributed by atoms with E-state index in [0.717, 1.165) is 0 Å². The molecule has 3 N–H and O–H groups in total. The molecule has 1 rings (SSSR count). The Balaban J connectivity index is 0.00000900. The predicted molar refractivity (Wildman–Crippen MR) is 133 cm³/mol. The summed E-state index contributed by atoms with van der Waals surface area (Å²) in [5.74, 6) is 1.38. The van der Waals surface area contributed by atoms with E-state index in [2.05, 4.69) is 34.8 Å². The maximum absolute atomic E-state index is 12.1. The second kappa shape index (κ2) is 14.2. The van der Waals surface area contributed by atoms with Gasteiger partial charge in [-0.25, -0.2) is 4.79 Å². The van der Waals surface area contributed by atoms with E-state index in [4.69, 9.17) is 9.15 Å². The van der Waals surface area contributed by atoms with Crippen molar-refractivity contribution in [3.05, 3.63) is 24.2 Å². The van der Waals surface area contributed by atoms with E-state index in [1.165, 1.54) is 0 Å².